The van der Waals surface area contributed by atoms with E-state index in [1.807, 2.05) is 6.92 Å². The van der Waals surface area contributed by atoms with Crippen LogP contribution in [0, 0.1) is 34.3 Å². The summed E-state index contributed by atoms with van der Waals surface area (Å²) in [7, 11) is 0. The van der Waals surface area contributed by atoms with Gasteiger partial charge in [-0.3, -0.25) is 14.2 Å². The SMILES string of the molecule is [C-]#[N+]c1cc(C)cc(Oc2c(Br)ncn(Cc3c(C)nc(C)[nH]c3=O)c2=O)c1C. The molecule has 0 aliphatic heterocycles. The number of H-pyrrole nitrogens is 1. The first-order valence-corrected chi connectivity index (χ1v) is 9.48. The summed E-state index contributed by atoms with van der Waals surface area (Å²) < 4.78 is 7.38. The third-order valence-electron chi connectivity index (χ3n) is 4.43. The van der Waals surface area contributed by atoms with Gasteiger partial charge in [0.15, 0.2) is 10.3 Å². The van der Waals surface area contributed by atoms with E-state index in [-0.39, 0.29) is 22.5 Å². The Labute approximate surface area is 175 Å². The van der Waals surface area contributed by atoms with E-state index in [0.29, 0.717) is 34.1 Å². The number of aromatic nitrogens is 4. The lowest BCUT2D eigenvalue weighted by Gasteiger charge is -2.14. The summed E-state index contributed by atoms with van der Waals surface area (Å²) in [5.74, 6) is 0.887. The maximum absolute atomic E-state index is 13.0. The minimum absolute atomic E-state index is 0.00399. The third kappa shape index (κ3) is 4.12. The van der Waals surface area contributed by atoms with Gasteiger partial charge >= 0.3 is 0 Å². The number of aryl methyl sites for hydroxylation is 3. The van der Waals surface area contributed by atoms with Crippen LogP contribution in [0.2, 0.25) is 0 Å². The monoisotopic (exact) mass is 455 g/mol. The molecule has 8 nitrogen and oxygen atoms in total. The normalized spacial score (nSPS) is 10.6. The zero-order valence-electron chi connectivity index (χ0n) is 16.3. The van der Waals surface area contributed by atoms with Crippen LogP contribution in [0.15, 0.2) is 32.7 Å². The van der Waals surface area contributed by atoms with Gasteiger partial charge in [0, 0.05) is 5.69 Å². The average molecular weight is 456 g/mol. The molecule has 0 saturated heterocycles. The fourth-order valence-corrected chi connectivity index (χ4v) is 3.24. The fourth-order valence-electron chi connectivity index (χ4n) is 2.90. The second-order valence-electron chi connectivity index (χ2n) is 6.63. The molecule has 3 rings (SSSR count). The molecule has 1 aromatic carbocycles. The Morgan fingerprint density at radius 2 is 1.97 bits per heavy atom. The van der Waals surface area contributed by atoms with Crippen molar-refractivity contribution in [2.24, 2.45) is 0 Å². The van der Waals surface area contributed by atoms with Gasteiger partial charge in [-0.05, 0) is 55.3 Å². The zero-order valence-corrected chi connectivity index (χ0v) is 17.9. The van der Waals surface area contributed by atoms with Gasteiger partial charge in [0.05, 0.1) is 25.0 Å². The molecule has 0 unspecified atom stereocenters. The number of ether oxygens (including phenoxy) is 1. The number of nitrogens with zero attached hydrogens (tertiary/aromatic N) is 4. The molecule has 0 fully saturated rings. The number of nitrogens with one attached hydrogen (secondary N) is 1. The van der Waals surface area contributed by atoms with E-state index in [4.69, 9.17) is 11.3 Å². The van der Waals surface area contributed by atoms with Gasteiger partial charge in [-0.2, -0.15) is 0 Å². The van der Waals surface area contributed by atoms with Gasteiger partial charge in [0.1, 0.15) is 11.6 Å². The molecule has 0 bridgehead atoms. The second kappa shape index (κ2) is 8.01. The van der Waals surface area contributed by atoms with Crippen LogP contribution in [0.25, 0.3) is 4.85 Å². The average Bonchev–Trinajstić information content (AvgIpc) is 2.65. The molecule has 2 aromatic heterocycles. The summed E-state index contributed by atoms with van der Waals surface area (Å²) in [6.07, 6.45) is 1.34. The minimum Gasteiger partial charge on any atom is -0.450 e. The summed E-state index contributed by atoms with van der Waals surface area (Å²) in [6, 6.07) is 3.51. The van der Waals surface area contributed by atoms with Crippen LogP contribution in [0.4, 0.5) is 5.69 Å². The maximum Gasteiger partial charge on any atom is 0.297 e. The molecule has 3 aromatic rings. The van der Waals surface area contributed by atoms with Crippen molar-refractivity contribution in [2.75, 3.05) is 0 Å². The van der Waals surface area contributed by atoms with Gasteiger partial charge in [-0.1, -0.05) is 11.6 Å². The largest absolute Gasteiger partial charge is 0.450 e. The number of hydrogen-bond donors (Lipinski definition) is 1. The van der Waals surface area contributed by atoms with E-state index in [2.05, 4.69) is 35.7 Å². The van der Waals surface area contributed by atoms with Crippen LogP contribution in [-0.4, -0.2) is 19.5 Å². The van der Waals surface area contributed by atoms with Gasteiger partial charge in [-0.15, -0.1) is 0 Å². The Kier molecular flexibility index (Phi) is 5.66. The molecule has 1 N–H and O–H groups in total. The van der Waals surface area contributed by atoms with Crippen LogP contribution in [0.5, 0.6) is 11.5 Å². The first-order valence-electron chi connectivity index (χ1n) is 8.69. The number of hydrogen-bond acceptors (Lipinski definition) is 5. The van der Waals surface area contributed by atoms with Crippen LogP contribution in [-0.2, 0) is 6.54 Å². The standard InChI is InChI=1S/C20H18BrN5O3/c1-10-6-15(22-5)11(2)16(7-10)29-17-18(21)23-9-26(20(17)28)8-14-12(3)24-13(4)25-19(14)27/h6-7,9H,8H2,1-4H3,(H,24,25,27). The quantitative estimate of drug-likeness (QED) is 0.477. The topological polar surface area (TPSA) is 94.2 Å². The van der Waals surface area contributed by atoms with Crippen LogP contribution < -0.4 is 15.9 Å². The Balaban J connectivity index is 2.06. The van der Waals surface area contributed by atoms with Crippen LogP contribution in [0.3, 0.4) is 0 Å². The highest BCUT2D eigenvalue weighted by molar-refractivity contribution is 9.10. The van der Waals surface area contributed by atoms with Gasteiger partial charge in [0.25, 0.3) is 11.1 Å². The Morgan fingerprint density at radius 1 is 1.24 bits per heavy atom. The van der Waals surface area contributed by atoms with E-state index in [1.54, 1.807) is 32.9 Å². The molecule has 0 atom stereocenters. The lowest BCUT2D eigenvalue weighted by molar-refractivity contribution is 0.456. The van der Waals surface area contributed by atoms with Crippen molar-refractivity contribution < 1.29 is 4.74 Å². The van der Waals surface area contributed by atoms with Crippen molar-refractivity contribution in [3.05, 3.63) is 83.4 Å². The second-order valence-corrected chi connectivity index (χ2v) is 7.39. The highest BCUT2D eigenvalue weighted by atomic mass is 79.9. The Morgan fingerprint density at radius 3 is 2.62 bits per heavy atom. The van der Waals surface area contributed by atoms with Crippen molar-refractivity contribution in [2.45, 2.75) is 34.2 Å². The van der Waals surface area contributed by atoms with E-state index in [0.717, 1.165) is 5.56 Å². The molecular weight excluding hydrogens is 438 g/mol. The first-order chi connectivity index (χ1) is 13.7. The lowest BCUT2D eigenvalue weighted by atomic mass is 10.1. The summed E-state index contributed by atoms with van der Waals surface area (Å²) in [5.41, 5.74) is 2.06. The van der Waals surface area contributed by atoms with Gasteiger partial charge in [-0.25, -0.2) is 14.8 Å². The molecule has 148 valence electrons. The smallest absolute Gasteiger partial charge is 0.297 e. The number of rotatable bonds is 4. The van der Waals surface area contributed by atoms with Crippen molar-refractivity contribution in [3.63, 3.8) is 0 Å². The zero-order chi connectivity index (χ0) is 21.3. The summed E-state index contributed by atoms with van der Waals surface area (Å²) in [6.45, 7) is 14.3. The van der Waals surface area contributed by atoms with E-state index >= 15 is 0 Å². The van der Waals surface area contributed by atoms with Crippen LogP contribution in [0.1, 0.15) is 28.2 Å². The lowest BCUT2D eigenvalue weighted by Crippen LogP contribution is -2.27. The first kappa shape index (κ1) is 20.5. The summed E-state index contributed by atoms with van der Waals surface area (Å²) >= 11 is 3.25. The van der Waals surface area contributed by atoms with Crippen molar-refractivity contribution >= 4 is 21.6 Å². The number of halogens is 1. The summed E-state index contributed by atoms with van der Waals surface area (Å²) in [5, 5.41) is 0. The molecule has 29 heavy (non-hydrogen) atoms. The Hall–Kier alpha value is -3.25. The van der Waals surface area contributed by atoms with Gasteiger partial charge in [0.2, 0.25) is 5.75 Å². The molecular formula is C20H18BrN5O3. The van der Waals surface area contributed by atoms with E-state index < -0.39 is 5.56 Å². The number of aromatic amines is 1. The van der Waals surface area contributed by atoms with Crippen molar-refractivity contribution in [3.8, 4) is 11.5 Å². The van der Waals surface area contributed by atoms with Crippen LogP contribution >= 0.6 is 15.9 Å². The summed E-state index contributed by atoms with van der Waals surface area (Å²) in [4.78, 5) is 39.8. The number of benzene rings is 1. The van der Waals surface area contributed by atoms with Gasteiger partial charge < -0.3 is 9.72 Å². The van der Waals surface area contributed by atoms with E-state index in [9.17, 15) is 9.59 Å². The third-order valence-corrected chi connectivity index (χ3v) is 5.00. The molecule has 0 aliphatic carbocycles. The highest BCUT2D eigenvalue weighted by Crippen LogP contribution is 2.33. The Bertz CT molecular complexity index is 1270. The maximum atomic E-state index is 13.0. The molecule has 0 amide bonds. The molecule has 9 heteroatoms. The molecule has 0 spiro atoms. The molecule has 0 aliphatic rings. The highest BCUT2D eigenvalue weighted by Gasteiger charge is 2.17. The molecule has 0 radical (unpaired) electrons. The predicted molar refractivity (Wildman–Crippen MR) is 112 cm³/mol. The fraction of sp³-hybridized carbons (Fsp3) is 0.250. The minimum atomic E-state index is -0.462. The van der Waals surface area contributed by atoms with Crippen molar-refractivity contribution in [1.29, 1.82) is 0 Å². The molecule has 0 saturated carbocycles. The van der Waals surface area contributed by atoms with Crippen molar-refractivity contribution in [1.82, 2.24) is 19.5 Å². The van der Waals surface area contributed by atoms with E-state index in [1.165, 1.54) is 10.9 Å². The molecule has 2 heterocycles. The predicted octanol–water partition coefficient (Wildman–Crippen LogP) is 3.71.